The van der Waals surface area contributed by atoms with Gasteiger partial charge in [0, 0.05) is 52.5 Å². The molecule has 2 aromatic carbocycles. The molecule has 2 aromatic heterocycles. The number of hydrogen-bond donors (Lipinski definition) is 1. The second-order valence-electron chi connectivity index (χ2n) is 16.9. The van der Waals surface area contributed by atoms with Gasteiger partial charge in [0.1, 0.15) is 16.7 Å². The minimum atomic E-state index is -1.50. The molecule has 54 heavy (non-hydrogen) atoms. The lowest BCUT2D eigenvalue weighted by Gasteiger charge is -2.42. The highest BCUT2D eigenvalue weighted by molar-refractivity contribution is 7.84. The lowest BCUT2D eigenvalue weighted by atomic mass is 9.81. The SMILES string of the molecule is COc1ccc2c(c1)C=C(c1c(C(=O)N3C[C@@H](C)N(C)[C@@H](C)C3)cnn1C(C)(C)C)Cn1c-2c(C2CCCCC2)c2ccc(C(=O)NS(=O)C(C)C)cc21. The number of rotatable bonds is 7. The molecule has 11 heteroatoms. The summed E-state index contributed by atoms with van der Waals surface area (Å²) in [4.78, 5) is 32.6. The zero-order valence-corrected chi connectivity index (χ0v) is 34.2. The molecular weight excluding hydrogens is 697 g/mol. The number of hydrogen-bond acceptors (Lipinski definition) is 6. The molecule has 2 amide bonds. The molecule has 1 saturated carbocycles. The van der Waals surface area contributed by atoms with Crippen LogP contribution in [0.15, 0.2) is 42.6 Å². The van der Waals surface area contributed by atoms with Crippen LogP contribution in [0.2, 0.25) is 0 Å². The third-order valence-corrected chi connectivity index (χ3v) is 13.0. The standard InChI is InChI=1S/C43H56N6O4S/c1-26(2)54(52)45-41(50)30-15-17-35-37(21-30)48-25-32(19-31-20-33(53-9)16-18-34(31)40(48)38(35)29-13-11-10-12-14-29)39-36(22-44-49(39)43(5,6)7)42(51)47-23-27(3)46(8)28(4)24-47/h15-22,26-29H,10-14,23-25H2,1-9H3,(H,45,50)/t27-,28+,54?. The van der Waals surface area contributed by atoms with E-state index in [2.05, 4.69) is 80.1 Å². The van der Waals surface area contributed by atoms with Gasteiger partial charge < -0.3 is 14.2 Å². The van der Waals surface area contributed by atoms with Crippen LogP contribution in [0, 0.1) is 0 Å². The number of aromatic nitrogens is 3. The number of carbonyl (C=O) groups is 2. The van der Waals surface area contributed by atoms with E-state index in [-0.39, 0.29) is 29.1 Å². The lowest BCUT2D eigenvalue weighted by Crippen LogP contribution is -2.56. The van der Waals surface area contributed by atoms with E-state index in [0.717, 1.165) is 57.6 Å². The minimum absolute atomic E-state index is 0.0131. The Morgan fingerprint density at radius 1 is 0.981 bits per heavy atom. The van der Waals surface area contributed by atoms with Gasteiger partial charge in [-0.1, -0.05) is 25.3 Å². The van der Waals surface area contributed by atoms with Crippen LogP contribution in [0.3, 0.4) is 0 Å². The number of fused-ring (bicyclic) bond motifs is 5. The van der Waals surface area contributed by atoms with E-state index < -0.39 is 16.5 Å². The highest BCUT2D eigenvalue weighted by Gasteiger charge is 2.36. The number of amides is 2. The predicted molar refractivity (Wildman–Crippen MR) is 218 cm³/mol. The normalized spacial score (nSPS) is 20.3. The number of methoxy groups -OCH3 is 1. The topological polar surface area (TPSA) is 102 Å². The summed E-state index contributed by atoms with van der Waals surface area (Å²) in [5.74, 6) is 0.746. The maximum Gasteiger partial charge on any atom is 0.263 e. The Hall–Kier alpha value is -4.22. The summed E-state index contributed by atoms with van der Waals surface area (Å²) in [6, 6.07) is 12.7. The fourth-order valence-electron chi connectivity index (χ4n) is 8.66. The molecule has 4 aromatic rings. The third-order valence-electron chi connectivity index (χ3n) is 11.8. The highest BCUT2D eigenvalue weighted by atomic mass is 32.2. The van der Waals surface area contributed by atoms with Crippen LogP contribution in [0.5, 0.6) is 5.75 Å². The molecule has 2 aliphatic heterocycles. The summed E-state index contributed by atoms with van der Waals surface area (Å²) < 4.78 is 25.6. The van der Waals surface area contributed by atoms with E-state index in [1.807, 2.05) is 41.6 Å². The average molecular weight is 753 g/mol. The predicted octanol–water partition coefficient (Wildman–Crippen LogP) is 7.84. The molecule has 0 radical (unpaired) electrons. The van der Waals surface area contributed by atoms with Crippen LogP contribution in [0.25, 0.3) is 33.8 Å². The van der Waals surface area contributed by atoms with E-state index in [1.54, 1.807) is 13.3 Å². The molecule has 10 nitrogen and oxygen atoms in total. The van der Waals surface area contributed by atoms with Gasteiger partial charge in [-0.2, -0.15) is 5.10 Å². The van der Waals surface area contributed by atoms with Crippen molar-refractivity contribution >= 4 is 45.4 Å². The zero-order chi connectivity index (χ0) is 38.6. The van der Waals surface area contributed by atoms with Crippen LogP contribution in [-0.2, 0) is 23.1 Å². The van der Waals surface area contributed by atoms with Gasteiger partial charge in [0.25, 0.3) is 11.8 Å². The third kappa shape index (κ3) is 6.94. The smallest absolute Gasteiger partial charge is 0.263 e. The molecular formula is C43H56N6O4S. The summed E-state index contributed by atoms with van der Waals surface area (Å²) in [7, 11) is 2.32. The fraction of sp³-hybridized carbons (Fsp3) is 0.512. The van der Waals surface area contributed by atoms with Crippen LogP contribution >= 0.6 is 0 Å². The molecule has 0 bridgehead atoms. The first kappa shape index (κ1) is 38.1. The number of benzene rings is 2. The highest BCUT2D eigenvalue weighted by Crippen LogP contribution is 2.48. The van der Waals surface area contributed by atoms with Crippen molar-refractivity contribution in [2.75, 3.05) is 27.2 Å². The molecule has 3 aliphatic rings. The van der Waals surface area contributed by atoms with Gasteiger partial charge in [0.2, 0.25) is 0 Å². The number of ether oxygens (including phenoxy) is 1. The van der Waals surface area contributed by atoms with Gasteiger partial charge in [-0.25, -0.2) is 4.21 Å². The Morgan fingerprint density at radius 2 is 1.69 bits per heavy atom. The monoisotopic (exact) mass is 752 g/mol. The molecule has 4 heterocycles. The van der Waals surface area contributed by atoms with Crippen molar-refractivity contribution in [3.63, 3.8) is 0 Å². The van der Waals surface area contributed by atoms with Crippen molar-refractivity contribution in [3.05, 3.63) is 70.5 Å². The van der Waals surface area contributed by atoms with Gasteiger partial charge in [0.15, 0.2) is 0 Å². The number of carbonyl (C=O) groups excluding carboxylic acids is 2. The molecule has 1 saturated heterocycles. The van der Waals surface area contributed by atoms with E-state index >= 15 is 0 Å². The summed E-state index contributed by atoms with van der Waals surface area (Å²) >= 11 is 0. The Bertz CT molecular complexity index is 2140. The molecule has 288 valence electrons. The molecule has 1 unspecified atom stereocenters. The van der Waals surface area contributed by atoms with Crippen molar-refractivity contribution in [3.8, 4) is 17.0 Å². The average Bonchev–Trinajstić information content (AvgIpc) is 3.68. The van der Waals surface area contributed by atoms with Gasteiger partial charge in [-0.3, -0.25) is 23.9 Å². The van der Waals surface area contributed by atoms with Crippen LogP contribution in [0.1, 0.15) is 124 Å². The first-order chi connectivity index (χ1) is 25.7. The number of piperazine rings is 1. The first-order valence-electron chi connectivity index (χ1n) is 19.5. The van der Waals surface area contributed by atoms with Gasteiger partial charge in [-0.15, -0.1) is 0 Å². The quantitative estimate of drug-likeness (QED) is 0.207. The van der Waals surface area contributed by atoms with Crippen LogP contribution in [-0.4, -0.2) is 84.8 Å². The Balaban J connectivity index is 1.47. The summed E-state index contributed by atoms with van der Waals surface area (Å²) in [5.41, 5.74) is 7.88. The zero-order valence-electron chi connectivity index (χ0n) is 33.4. The Kier molecular flexibility index (Phi) is 10.4. The molecule has 2 fully saturated rings. The maximum atomic E-state index is 14.7. The number of nitrogens with zero attached hydrogens (tertiary/aromatic N) is 5. The Labute approximate surface area is 322 Å². The summed E-state index contributed by atoms with van der Waals surface area (Å²) in [6.45, 7) is 16.1. The molecule has 0 spiro atoms. The van der Waals surface area contributed by atoms with E-state index in [0.29, 0.717) is 36.7 Å². The number of allylic oxidation sites excluding steroid dienone is 1. The van der Waals surface area contributed by atoms with Crippen molar-refractivity contribution in [1.29, 1.82) is 0 Å². The largest absolute Gasteiger partial charge is 0.497 e. The maximum absolute atomic E-state index is 14.7. The fourth-order valence-corrected chi connectivity index (χ4v) is 9.19. The van der Waals surface area contributed by atoms with E-state index in [9.17, 15) is 13.8 Å². The van der Waals surface area contributed by atoms with Gasteiger partial charge in [-0.05, 0) is 127 Å². The van der Waals surface area contributed by atoms with Crippen LogP contribution in [0.4, 0.5) is 0 Å². The second kappa shape index (κ2) is 14.8. The Morgan fingerprint density at radius 3 is 2.33 bits per heavy atom. The van der Waals surface area contributed by atoms with Crippen molar-refractivity contribution in [1.82, 2.24) is 28.9 Å². The minimum Gasteiger partial charge on any atom is -0.497 e. The van der Waals surface area contributed by atoms with Crippen LogP contribution < -0.4 is 9.46 Å². The van der Waals surface area contributed by atoms with Crippen molar-refractivity contribution in [2.24, 2.45) is 0 Å². The molecule has 1 N–H and O–H groups in total. The molecule has 7 rings (SSSR count). The first-order valence-corrected chi connectivity index (χ1v) is 20.8. The number of likely N-dealkylation sites (N-methyl/N-ethyl adjacent to an activating group) is 1. The summed E-state index contributed by atoms with van der Waals surface area (Å²) in [5, 5.41) is 5.85. The van der Waals surface area contributed by atoms with E-state index in [1.165, 1.54) is 24.8 Å². The lowest BCUT2D eigenvalue weighted by molar-refractivity contribution is 0.0413. The van der Waals surface area contributed by atoms with E-state index in [4.69, 9.17) is 9.84 Å². The van der Waals surface area contributed by atoms with Crippen molar-refractivity contribution in [2.45, 2.75) is 116 Å². The molecule has 3 atom stereocenters. The summed E-state index contributed by atoms with van der Waals surface area (Å²) in [6.07, 6.45) is 9.77. The van der Waals surface area contributed by atoms with Gasteiger partial charge in [0.05, 0.1) is 42.3 Å². The number of nitrogens with one attached hydrogen (secondary N) is 1. The molecule has 1 aliphatic carbocycles. The van der Waals surface area contributed by atoms with Gasteiger partial charge >= 0.3 is 0 Å². The second-order valence-corrected chi connectivity index (χ2v) is 18.6. The van der Waals surface area contributed by atoms with Crippen molar-refractivity contribution < 1.29 is 18.5 Å².